The quantitative estimate of drug-likeness (QED) is 0.628. The van der Waals surface area contributed by atoms with E-state index in [1.54, 1.807) is 7.05 Å². The molecule has 0 spiro atoms. The average Bonchev–Trinajstić information content (AvgIpc) is 1.85. The van der Waals surface area contributed by atoms with Crippen LogP contribution in [-0.4, -0.2) is 7.05 Å². The SMILES string of the molecule is CNc1cc(C)cc(F)c1. The number of rotatable bonds is 1. The lowest BCUT2D eigenvalue weighted by atomic mass is 10.2. The summed E-state index contributed by atoms with van der Waals surface area (Å²) in [5.74, 6) is -0.190. The highest BCUT2D eigenvalue weighted by Crippen LogP contribution is 2.11. The van der Waals surface area contributed by atoms with Gasteiger partial charge in [0.25, 0.3) is 0 Å². The van der Waals surface area contributed by atoms with Crippen LogP contribution in [0.15, 0.2) is 18.2 Å². The van der Waals surface area contributed by atoms with Crippen molar-refractivity contribution in [3.63, 3.8) is 0 Å². The monoisotopic (exact) mass is 139 g/mol. The molecule has 1 rings (SSSR count). The van der Waals surface area contributed by atoms with Crippen LogP contribution < -0.4 is 5.32 Å². The van der Waals surface area contributed by atoms with E-state index < -0.39 is 0 Å². The van der Waals surface area contributed by atoms with Gasteiger partial charge in [0.05, 0.1) is 0 Å². The van der Waals surface area contributed by atoms with E-state index in [-0.39, 0.29) is 5.82 Å². The van der Waals surface area contributed by atoms with Gasteiger partial charge in [0.15, 0.2) is 0 Å². The van der Waals surface area contributed by atoms with Crippen molar-refractivity contribution in [2.75, 3.05) is 12.4 Å². The Kier molecular flexibility index (Phi) is 1.90. The Morgan fingerprint density at radius 1 is 1.30 bits per heavy atom. The molecule has 1 nitrogen and oxygen atoms in total. The first-order chi connectivity index (χ1) is 4.72. The molecule has 0 fully saturated rings. The van der Waals surface area contributed by atoms with E-state index in [0.29, 0.717) is 0 Å². The van der Waals surface area contributed by atoms with Gasteiger partial charge in [-0.05, 0) is 30.7 Å². The fourth-order valence-corrected chi connectivity index (χ4v) is 0.881. The fourth-order valence-electron chi connectivity index (χ4n) is 0.881. The minimum atomic E-state index is -0.190. The van der Waals surface area contributed by atoms with Gasteiger partial charge in [0.1, 0.15) is 5.82 Å². The van der Waals surface area contributed by atoms with Crippen LogP contribution in [0.1, 0.15) is 5.56 Å². The Bertz CT molecular complexity index is 212. The van der Waals surface area contributed by atoms with E-state index in [1.165, 1.54) is 12.1 Å². The van der Waals surface area contributed by atoms with Crippen molar-refractivity contribution >= 4 is 5.69 Å². The van der Waals surface area contributed by atoms with Crippen molar-refractivity contribution in [1.29, 1.82) is 0 Å². The first-order valence-electron chi connectivity index (χ1n) is 3.17. The Morgan fingerprint density at radius 3 is 2.50 bits per heavy atom. The summed E-state index contributed by atoms with van der Waals surface area (Å²) < 4.78 is 12.6. The molecule has 1 aromatic carbocycles. The third-order valence-corrected chi connectivity index (χ3v) is 1.33. The molecule has 0 bridgehead atoms. The molecule has 10 heavy (non-hydrogen) atoms. The van der Waals surface area contributed by atoms with E-state index in [0.717, 1.165) is 11.3 Å². The molecule has 0 saturated carbocycles. The zero-order valence-corrected chi connectivity index (χ0v) is 6.11. The summed E-state index contributed by atoms with van der Waals surface area (Å²) in [6.45, 7) is 1.86. The molecule has 0 aliphatic rings. The number of halogens is 1. The van der Waals surface area contributed by atoms with Crippen LogP contribution in [0.4, 0.5) is 10.1 Å². The van der Waals surface area contributed by atoms with Crippen molar-refractivity contribution in [2.45, 2.75) is 6.92 Å². The van der Waals surface area contributed by atoms with Crippen molar-refractivity contribution in [1.82, 2.24) is 0 Å². The van der Waals surface area contributed by atoms with Gasteiger partial charge in [-0.2, -0.15) is 0 Å². The smallest absolute Gasteiger partial charge is 0.125 e. The maximum Gasteiger partial charge on any atom is 0.125 e. The molecule has 0 saturated heterocycles. The number of anilines is 1. The molecule has 0 aromatic heterocycles. The highest BCUT2D eigenvalue weighted by atomic mass is 19.1. The Morgan fingerprint density at radius 2 is 2.00 bits per heavy atom. The van der Waals surface area contributed by atoms with Crippen LogP contribution in [0, 0.1) is 12.7 Å². The molecule has 2 heteroatoms. The minimum absolute atomic E-state index is 0.190. The van der Waals surface area contributed by atoms with Crippen molar-refractivity contribution < 1.29 is 4.39 Å². The second-order valence-electron chi connectivity index (χ2n) is 2.27. The van der Waals surface area contributed by atoms with Crippen LogP contribution in [0.2, 0.25) is 0 Å². The molecule has 0 aliphatic heterocycles. The van der Waals surface area contributed by atoms with Gasteiger partial charge in [-0.1, -0.05) is 0 Å². The fraction of sp³-hybridized carbons (Fsp3) is 0.250. The van der Waals surface area contributed by atoms with Gasteiger partial charge in [-0.15, -0.1) is 0 Å². The maximum absolute atomic E-state index is 12.6. The summed E-state index contributed by atoms with van der Waals surface area (Å²) in [6, 6.07) is 4.86. The van der Waals surface area contributed by atoms with Gasteiger partial charge < -0.3 is 5.32 Å². The normalized spacial score (nSPS) is 9.50. The van der Waals surface area contributed by atoms with E-state index in [2.05, 4.69) is 5.32 Å². The average molecular weight is 139 g/mol. The summed E-state index contributed by atoms with van der Waals surface area (Å²) in [4.78, 5) is 0. The summed E-state index contributed by atoms with van der Waals surface area (Å²) in [5, 5.41) is 2.87. The molecule has 1 N–H and O–H groups in total. The van der Waals surface area contributed by atoms with Gasteiger partial charge in [0, 0.05) is 12.7 Å². The van der Waals surface area contributed by atoms with E-state index in [1.807, 2.05) is 13.0 Å². The lowest BCUT2D eigenvalue weighted by molar-refractivity contribution is 0.627. The first-order valence-corrected chi connectivity index (χ1v) is 3.17. The van der Waals surface area contributed by atoms with Crippen molar-refractivity contribution in [3.8, 4) is 0 Å². The zero-order valence-electron chi connectivity index (χ0n) is 6.11. The first kappa shape index (κ1) is 7.06. The van der Waals surface area contributed by atoms with E-state index in [9.17, 15) is 4.39 Å². The van der Waals surface area contributed by atoms with Gasteiger partial charge in [-0.25, -0.2) is 4.39 Å². The summed E-state index contributed by atoms with van der Waals surface area (Å²) in [6.07, 6.45) is 0. The van der Waals surface area contributed by atoms with Crippen molar-refractivity contribution in [2.24, 2.45) is 0 Å². The molecule has 54 valence electrons. The van der Waals surface area contributed by atoms with Crippen LogP contribution in [0.3, 0.4) is 0 Å². The second-order valence-corrected chi connectivity index (χ2v) is 2.27. The topological polar surface area (TPSA) is 12.0 Å². The van der Waals surface area contributed by atoms with Crippen LogP contribution in [0.25, 0.3) is 0 Å². The van der Waals surface area contributed by atoms with Crippen LogP contribution >= 0.6 is 0 Å². The molecular formula is C8H10FN. The number of hydrogen-bond acceptors (Lipinski definition) is 1. The third-order valence-electron chi connectivity index (χ3n) is 1.33. The van der Waals surface area contributed by atoms with Gasteiger partial charge in [0.2, 0.25) is 0 Å². The van der Waals surface area contributed by atoms with Crippen LogP contribution in [0.5, 0.6) is 0 Å². The summed E-state index contributed by atoms with van der Waals surface area (Å²) in [7, 11) is 1.77. The second kappa shape index (κ2) is 2.69. The third kappa shape index (κ3) is 1.47. The molecule has 0 heterocycles. The lowest BCUT2D eigenvalue weighted by Gasteiger charge is -2.00. The predicted octanol–water partition coefficient (Wildman–Crippen LogP) is 2.18. The molecule has 0 radical (unpaired) electrons. The van der Waals surface area contributed by atoms with Gasteiger partial charge >= 0.3 is 0 Å². The van der Waals surface area contributed by atoms with E-state index in [4.69, 9.17) is 0 Å². The van der Waals surface area contributed by atoms with E-state index >= 15 is 0 Å². The number of hydrogen-bond donors (Lipinski definition) is 1. The Balaban J connectivity index is 3.06. The lowest BCUT2D eigenvalue weighted by Crippen LogP contribution is -1.89. The van der Waals surface area contributed by atoms with Crippen molar-refractivity contribution in [3.05, 3.63) is 29.6 Å². The zero-order chi connectivity index (χ0) is 7.56. The summed E-state index contributed by atoms with van der Waals surface area (Å²) in [5.41, 5.74) is 1.75. The number of benzene rings is 1. The maximum atomic E-state index is 12.6. The number of nitrogens with one attached hydrogen (secondary N) is 1. The Labute approximate surface area is 59.9 Å². The number of aryl methyl sites for hydroxylation is 1. The van der Waals surface area contributed by atoms with Gasteiger partial charge in [-0.3, -0.25) is 0 Å². The molecule has 0 amide bonds. The molecular weight excluding hydrogens is 129 g/mol. The molecule has 0 atom stereocenters. The molecule has 0 unspecified atom stereocenters. The Hall–Kier alpha value is -1.05. The summed E-state index contributed by atoms with van der Waals surface area (Å²) >= 11 is 0. The predicted molar refractivity (Wildman–Crippen MR) is 40.7 cm³/mol. The largest absolute Gasteiger partial charge is 0.388 e. The standard InChI is InChI=1S/C8H10FN/c1-6-3-7(9)5-8(4-6)10-2/h3-5,10H,1-2H3. The highest BCUT2D eigenvalue weighted by Gasteiger charge is 1.93. The molecule has 1 aromatic rings. The highest BCUT2D eigenvalue weighted by molar-refractivity contribution is 5.45. The molecule has 0 aliphatic carbocycles. The van der Waals surface area contributed by atoms with Crippen LogP contribution in [-0.2, 0) is 0 Å². The minimum Gasteiger partial charge on any atom is -0.388 e.